The van der Waals surface area contributed by atoms with Gasteiger partial charge in [-0.2, -0.15) is 0 Å². The van der Waals surface area contributed by atoms with Gasteiger partial charge in [-0.15, -0.1) is 0 Å². The number of nitrogens with one attached hydrogen (secondary N) is 1. The van der Waals surface area contributed by atoms with Crippen molar-refractivity contribution < 1.29 is 19.7 Å². The van der Waals surface area contributed by atoms with Crippen molar-refractivity contribution in [1.82, 2.24) is 0 Å². The molecule has 0 radical (unpaired) electrons. The molecular weight excluding hydrogens is 246 g/mol. The van der Waals surface area contributed by atoms with Crippen LogP contribution in [0.4, 0.5) is 17.1 Å². The van der Waals surface area contributed by atoms with Crippen LogP contribution in [0.2, 0.25) is 0 Å². The van der Waals surface area contributed by atoms with Gasteiger partial charge in [0.1, 0.15) is 5.69 Å². The van der Waals surface area contributed by atoms with Crippen molar-refractivity contribution in [3.8, 4) is 0 Å². The highest BCUT2D eigenvalue weighted by molar-refractivity contribution is 5.77. The average Bonchev–Trinajstić information content (AvgIpc) is 2.28. The number of rotatable bonds is 5. The zero-order valence-corrected chi connectivity index (χ0v) is 9.15. The van der Waals surface area contributed by atoms with E-state index < -0.39 is 33.2 Å². The van der Waals surface area contributed by atoms with Crippen LogP contribution in [0.5, 0.6) is 0 Å². The molecule has 9 heteroatoms. The second kappa shape index (κ2) is 5.08. The van der Waals surface area contributed by atoms with Crippen LogP contribution < -0.4 is 10.4 Å². The molecule has 1 rings (SSSR count). The maximum Gasteiger partial charge on any atom is 0.299 e. The van der Waals surface area contributed by atoms with Gasteiger partial charge in [0.05, 0.1) is 27.9 Å². The fraction of sp³-hybridized carbons (Fsp3) is 0.222. The topological polar surface area (TPSA) is 138 Å². The third-order valence-corrected chi connectivity index (χ3v) is 2.11. The van der Waals surface area contributed by atoms with Crippen LogP contribution in [0.1, 0.15) is 6.92 Å². The largest absolute Gasteiger partial charge is 0.548 e. The van der Waals surface area contributed by atoms with Gasteiger partial charge in [0.25, 0.3) is 11.4 Å². The molecule has 0 saturated heterocycles. The van der Waals surface area contributed by atoms with Gasteiger partial charge in [0.15, 0.2) is 0 Å². The lowest BCUT2D eigenvalue weighted by Crippen LogP contribution is -2.38. The molecule has 1 atom stereocenters. The third kappa shape index (κ3) is 2.90. The summed E-state index contributed by atoms with van der Waals surface area (Å²) in [4.78, 5) is 30.1. The lowest BCUT2D eigenvalue weighted by Gasteiger charge is -2.15. The highest BCUT2D eigenvalue weighted by Gasteiger charge is 2.20. The van der Waals surface area contributed by atoms with E-state index in [1.807, 2.05) is 0 Å². The Morgan fingerprint density at radius 2 is 1.89 bits per heavy atom. The number of anilines is 1. The van der Waals surface area contributed by atoms with E-state index >= 15 is 0 Å². The molecule has 96 valence electrons. The molecule has 0 bridgehead atoms. The smallest absolute Gasteiger partial charge is 0.299 e. The summed E-state index contributed by atoms with van der Waals surface area (Å²) in [5, 5.41) is 34.0. The molecule has 1 aromatic rings. The van der Waals surface area contributed by atoms with Crippen LogP contribution >= 0.6 is 0 Å². The number of carbonyl (C=O) groups is 1. The molecule has 0 aliphatic heterocycles. The van der Waals surface area contributed by atoms with Crippen LogP contribution in [0, 0.1) is 20.2 Å². The molecule has 0 saturated carbocycles. The van der Waals surface area contributed by atoms with E-state index in [1.165, 1.54) is 6.92 Å². The maximum atomic E-state index is 10.7. The van der Waals surface area contributed by atoms with Gasteiger partial charge >= 0.3 is 0 Å². The Balaban J connectivity index is 3.16. The first-order chi connectivity index (χ1) is 8.32. The van der Waals surface area contributed by atoms with E-state index in [4.69, 9.17) is 0 Å². The quantitative estimate of drug-likeness (QED) is 0.578. The average molecular weight is 254 g/mol. The molecule has 0 aliphatic carbocycles. The molecule has 0 aromatic heterocycles. The fourth-order valence-corrected chi connectivity index (χ4v) is 1.20. The minimum absolute atomic E-state index is 0.123. The van der Waals surface area contributed by atoms with Gasteiger partial charge in [0.2, 0.25) is 0 Å². The number of nitro groups is 2. The number of nitrogens with zero attached hydrogens (tertiary/aromatic N) is 2. The van der Waals surface area contributed by atoms with Gasteiger partial charge < -0.3 is 15.2 Å². The lowest BCUT2D eigenvalue weighted by atomic mass is 10.2. The van der Waals surface area contributed by atoms with E-state index in [1.54, 1.807) is 0 Å². The number of aliphatic carboxylic acids is 1. The fourth-order valence-electron chi connectivity index (χ4n) is 1.20. The number of nitro benzene ring substituents is 2. The molecule has 9 nitrogen and oxygen atoms in total. The summed E-state index contributed by atoms with van der Waals surface area (Å²) in [6, 6.07) is 1.71. The van der Waals surface area contributed by atoms with Crippen LogP contribution in [0.25, 0.3) is 0 Å². The molecule has 0 fully saturated rings. The van der Waals surface area contributed by atoms with Crippen molar-refractivity contribution in [1.29, 1.82) is 0 Å². The number of carboxylic acid groups (broad SMARTS) is 1. The van der Waals surface area contributed by atoms with E-state index in [2.05, 4.69) is 5.32 Å². The van der Waals surface area contributed by atoms with Crippen molar-refractivity contribution in [2.24, 2.45) is 0 Å². The van der Waals surface area contributed by atoms with Crippen molar-refractivity contribution in [3.63, 3.8) is 0 Å². The third-order valence-electron chi connectivity index (χ3n) is 2.11. The van der Waals surface area contributed by atoms with Crippen molar-refractivity contribution >= 4 is 23.0 Å². The molecular formula is C9H8N3O6-. The second-order valence-electron chi connectivity index (χ2n) is 3.40. The van der Waals surface area contributed by atoms with Crippen LogP contribution in [-0.4, -0.2) is 21.9 Å². The molecule has 1 N–H and O–H groups in total. The highest BCUT2D eigenvalue weighted by atomic mass is 16.6. The molecule has 0 amide bonds. The molecule has 1 unspecified atom stereocenters. The van der Waals surface area contributed by atoms with Crippen LogP contribution in [0.3, 0.4) is 0 Å². The maximum absolute atomic E-state index is 10.7. The van der Waals surface area contributed by atoms with Gasteiger partial charge in [-0.3, -0.25) is 20.2 Å². The van der Waals surface area contributed by atoms with Crippen molar-refractivity contribution in [3.05, 3.63) is 38.4 Å². The van der Waals surface area contributed by atoms with Gasteiger partial charge in [-0.25, -0.2) is 0 Å². The number of carboxylic acids is 1. The standard InChI is InChI=1S/C9H9N3O6/c1-5(9(13)14)10-7-3-2-6(11(15)16)4-8(7)12(17)18/h2-5,10H,1H3,(H,13,14)/p-1. The first-order valence-electron chi connectivity index (χ1n) is 4.73. The summed E-state index contributed by atoms with van der Waals surface area (Å²) >= 11 is 0. The van der Waals surface area contributed by atoms with E-state index in [0.717, 1.165) is 18.2 Å². The van der Waals surface area contributed by atoms with E-state index in [0.29, 0.717) is 0 Å². The highest BCUT2D eigenvalue weighted by Crippen LogP contribution is 2.29. The number of hydrogen-bond donors (Lipinski definition) is 1. The first-order valence-corrected chi connectivity index (χ1v) is 4.73. The molecule has 1 aromatic carbocycles. The van der Waals surface area contributed by atoms with Gasteiger partial charge in [-0.1, -0.05) is 0 Å². The number of hydrogen-bond acceptors (Lipinski definition) is 7. The Labute approximate surface area is 100 Å². The SMILES string of the molecule is CC(Nc1ccc([N+](=O)[O-])cc1[N+](=O)[O-])C(=O)[O-]. The van der Waals surface area contributed by atoms with Crippen LogP contribution in [-0.2, 0) is 4.79 Å². The lowest BCUT2D eigenvalue weighted by molar-refractivity contribution is -0.393. The summed E-state index contributed by atoms with van der Waals surface area (Å²) in [5.41, 5.74) is -1.15. The predicted octanol–water partition coefficient (Wildman–Crippen LogP) is 0.0533. The Hall–Kier alpha value is -2.71. The summed E-state index contributed by atoms with van der Waals surface area (Å²) in [6.07, 6.45) is 0. The van der Waals surface area contributed by atoms with Crippen molar-refractivity contribution in [2.45, 2.75) is 13.0 Å². The zero-order valence-electron chi connectivity index (χ0n) is 9.15. The van der Waals surface area contributed by atoms with E-state index in [9.17, 15) is 30.1 Å². The van der Waals surface area contributed by atoms with Gasteiger partial charge in [-0.05, 0) is 13.0 Å². The van der Waals surface area contributed by atoms with Crippen molar-refractivity contribution in [2.75, 3.05) is 5.32 Å². The summed E-state index contributed by atoms with van der Waals surface area (Å²) in [5.74, 6) is -1.44. The van der Waals surface area contributed by atoms with Gasteiger partial charge in [0, 0.05) is 6.07 Å². The van der Waals surface area contributed by atoms with Crippen LogP contribution in [0.15, 0.2) is 18.2 Å². The Kier molecular flexibility index (Phi) is 3.77. The second-order valence-corrected chi connectivity index (χ2v) is 3.40. The zero-order chi connectivity index (χ0) is 13.9. The van der Waals surface area contributed by atoms with E-state index in [-0.39, 0.29) is 5.69 Å². The Morgan fingerprint density at radius 1 is 1.28 bits per heavy atom. The predicted molar refractivity (Wildman–Crippen MR) is 57.8 cm³/mol. The molecule has 0 spiro atoms. The minimum atomic E-state index is -1.44. The summed E-state index contributed by atoms with van der Waals surface area (Å²) in [7, 11) is 0. The molecule has 0 aliphatic rings. The number of carbonyl (C=O) groups excluding carboxylic acids is 1. The molecule has 18 heavy (non-hydrogen) atoms. The summed E-state index contributed by atoms with van der Waals surface area (Å²) in [6.45, 7) is 1.24. The minimum Gasteiger partial charge on any atom is -0.548 e. The number of non-ortho nitro benzene ring substituents is 1. The monoisotopic (exact) mass is 254 g/mol. The molecule has 0 heterocycles. The normalized spacial score (nSPS) is 11.6. The number of benzene rings is 1. The Bertz CT molecular complexity index is 515. The first kappa shape index (κ1) is 13.4. The summed E-state index contributed by atoms with van der Waals surface area (Å²) < 4.78 is 0. The Morgan fingerprint density at radius 3 is 2.33 bits per heavy atom.